The number of nitrogens with one attached hydrogen (secondary N) is 1. The quantitative estimate of drug-likeness (QED) is 0.596. The van der Waals surface area contributed by atoms with Gasteiger partial charge < -0.3 is 10.2 Å². The van der Waals surface area contributed by atoms with Gasteiger partial charge in [-0.25, -0.2) is 17.8 Å². The predicted molar refractivity (Wildman–Crippen MR) is 130 cm³/mol. The number of benzene rings is 2. The second kappa shape index (κ2) is 9.52. The highest BCUT2D eigenvalue weighted by Crippen LogP contribution is 2.25. The number of hydrogen-bond acceptors (Lipinski definition) is 5. The molecular weight excluding hydrogens is 455 g/mol. The van der Waals surface area contributed by atoms with Gasteiger partial charge in [0.2, 0.25) is 10.0 Å². The number of anilines is 2. The summed E-state index contributed by atoms with van der Waals surface area (Å²) in [7, 11) is -3.90. The van der Waals surface area contributed by atoms with Crippen LogP contribution < -0.4 is 10.2 Å². The van der Waals surface area contributed by atoms with Crippen LogP contribution in [0.15, 0.2) is 59.6 Å². The standard InChI is InChI=1S/C25H27FN4O3S/c1-17-14-18(2)24(19(3)15-17)28-25(31)21-16-20(7-8-22(21)26)34(32,33)30-12-10-29(11-13-30)23-6-4-5-9-27-23/h4-9,14-16H,10-13H2,1-3H3,(H,28,31). The van der Waals surface area contributed by atoms with Crippen molar-refractivity contribution in [3.05, 3.63) is 82.8 Å². The molecule has 1 fully saturated rings. The van der Waals surface area contributed by atoms with Gasteiger partial charge in [0.25, 0.3) is 5.91 Å². The maximum Gasteiger partial charge on any atom is 0.258 e. The molecule has 1 saturated heterocycles. The molecule has 3 aromatic rings. The molecule has 1 aliphatic heterocycles. The Morgan fingerprint density at radius 2 is 1.65 bits per heavy atom. The van der Waals surface area contributed by atoms with Crippen molar-refractivity contribution in [1.82, 2.24) is 9.29 Å². The van der Waals surface area contributed by atoms with Crippen molar-refractivity contribution < 1.29 is 17.6 Å². The molecule has 1 N–H and O–H groups in total. The number of nitrogens with zero attached hydrogens (tertiary/aromatic N) is 3. The van der Waals surface area contributed by atoms with Gasteiger partial charge in [-0.3, -0.25) is 4.79 Å². The van der Waals surface area contributed by atoms with E-state index < -0.39 is 21.7 Å². The van der Waals surface area contributed by atoms with E-state index in [0.717, 1.165) is 34.6 Å². The maximum absolute atomic E-state index is 14.6. The lowest BCUT2D eigenvalue weighted by Crippen LogP contribution is -2.48. The van der Waals surface area contributed by atoms with Crippen molar-refractivity contribution in [3.8, 4) is 0 Å². The van der Waals surface area contributed by atoms with Crippen LogP contribution in [0.1, 0.15) is 27.0 Å². The van der Waals surface area contributed by atoms with Crippen LogP contribution in [0.2, 0.25) is 0 Å². The van der Waals surface area contributed by atoms with Crippen molar-refractivity contribution in [1.29, 1.82) is 0 Å². The summed E-state index contributed by atoms with van der Waals surface area (Å²) in [5, 5.41) is 2.74. The summed E-state index contributed by atoms with van der Waals surface area (Å²) in [6, 6.07) is 12.8. The lowest BCUT2D eigenvalue weighted by atomic mass is 10.0. The zero-order valence-corrected chi connectivity index (χ0v) is 20.2. The maximum atomic E-state index is 14.6. The SMILES string of the molecule is Cc1cc(C)c(NC(=O)c2cc(S(=O)(=O)N3CCN(c4ccccn4)CC3)ccc2F)c(C)c1. The fourth-order valence-corrected chi connectivity index (χ4v) is 5.69. The molecule has 9 heteroatoms. The Bertz CT molecular complexity index is 1300. The highest BCUT2D eigenvalue weighted by atomic mass is 32.2. The van der Waals surface area contributed by atoms with Gasteiger partial charge in [0, 0.05) is 38.1 Å². The summed E-state index contributed by atoms with van der Waals surface area (Å²) in [5.41, 5.74) is 3.03. The molecule has 0 spiro atoms. The molecule has 4 rings (SSSR count). The van der Waals surface area contributed by atoms with Gasteiger partial charge in [-0.15, -0.1) is 0 Å². The normalized spacial score (nSPS) is 14.8. The van der Waals surface area contributed by atoms with E-state index in [0.29, 0.717) is 18.8 Å². The lowest BCUT2D eigenvalue weighted by molar-refractivity contribution is 0.102. The van der Waals surface area contributed by atoms with Crippen LogP contribution >= 0.6 is 0 Å². The molecule has 0 bridgehead atoms. The number of sulfonamides is 1. The van der Waals surface area contributed by atoms with E-state index in [4.69, 9.17) is 0 Å². The average molecular weight is 483 g/mol. The monoisotopic (exact) mass is 482 g/mol. The van der Waals surface area contributed by atoms with Gasteiger partial charge in [0.05, 0.1) is 10.5 Å². The van der Waals surface area contributed by atoms with Crippen molar-refractivity contribution >= 4 is 27.4 Å². The number of rotatable bonds is 5. The van der Waals surface area contributed by atoms with Crippen LogP contribution in [0.5, 0.6) is 0 Å². The number of aromatic nitrogens is 1. The van der Waals surface area contributed by atoms with Crippen LogP contribution in [0.25, 0.3) is 0 Å². The smallest absolute Gasteiger partial charge is 0.258 e. The van der Waals surface area contributed by atoms with Crippen molar-refractivity contribution in [2.24, 2.45) is 0 Å². The van der Waals surface area contributed by atoms with Gasteiger partial charge in [0.1, 0.15) is 11.6 Å². The van der Waals surface area contributed by atoms with Crippen LogP contribution in [0, 0.1) is 26.6 Å². The van der Waals surface area contributed by atoms with Gasteiger partial charge in [-0.1, -0.05) is 23.8 Å². The number of amides is 1. The summed E-state index contributed by atoms with van der Waals surface area (Å²) in [5.74, 6) is -0.676. The Balaban J connectivity index is 1.54. The van der Waals surface area contributed by atoms with E-state index in [9.17, 15) is 17.6 Å². The first-order valence-electron chi connectivity index (χ1n) is 11.0. The molecule has 2 aromatic carbocycles. The molecule has 34 heavy (non-hydrogen) atoms. The fraction of sp³-hybridized carbons (Fsp3) is 0.280. The molecule has 2 heterocycles. The molecule has 0 aliphatic carbocycles. The molecule has 1 aromatic heterocycles. The molecule has 0 saturated carbocycles. The average Bonchev–Trinajstić information content (AvgIpc) is 2.82. The van der Waals surface area contributed by atoms with Gasteiger partial charge in [-0.2, -0.15) is 4.31 Å². The van der Waals surface area contributed by atoms with E-state index in [1.165, 1.54) is 10.4 Å². The molecular formula is C25H27FN4O3S. The number of carbonyl (C=O) groups is 1. The van der Waals surface area contributed by atoms with E-state index in [1.54, 1.807) is 6.20 Å². The summed E-state index contributed by atoms with van der Waals surface area (Å²) in [4.78, 5) is 19.1. The molecule has 1 amide bonds. The summed E-state index contributed by atoms with van der Waals surface area (Å²) in [6.07, 6.45) is 1.70. The Hall–Kier alpha value is -3.30. The third kappa shape index (κ3) is 4.80. The second-order valence-corrected chi connectivity index (χ2v) is 10.4. The molecule has 1 aliphatic rings. The van der Waals surface area contributed by atoms with Crippen LogP contribution in [0.3, 0.4) is 0 Å². The summed E-state index contributed by atoms with van der Waals surface area (Å²) in [6.45, 7) is 7.16. The minimum atomic E-state index is -3.90. The van der Waals surface area contributed by atoms with Crippen molar-refractivity contribution in [3.63, 3.8) is 0 Å². The van der Waals surface area contributed by atoms with E-state index in [2.05, 4.69) is 10.3 Å². The van der Waals surface area contributed by atoms with Crippen molar-refractivity contribution in [2.45, 2.75) is 25.7 Å². The minimum Gasteiger partial charge on any atom is -0.354 e. The molecule has 7 nitrogen and oxygen atoms in total. The number of aryl methyl sites for hydroxylation is 3. The Labute approximate surface area is 199 Å². The van der Waals surface area contributed by atoms with Crippen LogP contribution in [-0.4, -0.2) is 49.8 Å². The number of pyridine rings is 1. The molecule has 0 unspecified atom stereocenters. The third-order valence-electron chi connectivity index (χ3n) is 5.95. The topological polar surface area (TPSA) is 82.6 Å². The first-order valence-corrected chi connectivity index (χ1v) is 12.5. The first-order chi connectivity index (χ1) is 16.2. The number of piperazine rings is 1. The fourth-order valence-electron chi connectivity index (χ4n) is 4.24. The van der Waals surface area contributed by atoms with Crippen LogP contribution in [0.4, 0.5) is 15.9 Å². The highest BCUT2D eigenvalue weighted by molar-refractivity contribution is 7.89. The van der Waals surface area contributed by atoms with E-state index in [1.807, 2.05) is 56.0 Å². The van der Waals surface area contributed by atoms with Crippen LogP contribution in [-0.2, 0) is 10.0 Å². The number of halogens is 1. The second-order valence-electron chi connectivity index (χ2n) is 8.45. The third-order valence-corrected chi connectivity index (χ3v) is 7.84. The Morgan fingerprint density at radius 3 is 2.26 bits per heavy atom. The van der Waals surface area contributed by atoms with E-state index >= 15 is 0 Å². The lowest BCUT2D eigenvalue weighted by Gasteiger charge is -2.34. The van der Waals surface area contributed by atoms with E-state index in [-0.39, 0.29) is 23.5 Å². The Morgan fingerprint density at radius 1 is 0.971 bits per heavy atom. The highest BCUT2D eigenvalue weighted by Gasteiger charge is 2.30. The predicted octanol–water partition coefficient (Wildman–Crippen LogP) is 3.91. The first kappa shape index (κ1) is 23.8. The van der Waals surface area contributed by atoms with Crippen molar-refractivity contribution in [2.75, 3.05) is 36.4 Å². The zero-order valence-electron chi connectivity index (χ0n) is 19.4. The Kier molecular flexibility index (Phi) is 6.67. The van der Waals surface area contributed by atoms with Gasteiger partial charge >= 0.3 is 0 Å². The molecule has 0 atom stereocenters. The minimum absolute atomic E-state index is 0.109. The molecule has 178 valence electrons. The van der Waals surface area contributed by atoms with Gasteiger partial charge in [0.15, 0.2) is 0 Å². The largest absolute Gasteiger partial charge is 0.354 e. The van der Waals surface area contributed by atoms with Gasteiger partial charge in [-0.05, 0) is 62.2 Å². The summed E-state index contributed by atoms with van der Waals surface area (Å²) < 4.78 is 42.4. The number of hydrogen-bond donors (Lipinski definition) is 1. The zero-order chi connectivity index (χ0) is 24.5. The number of carbonyl (C=O) groups excluding carboxylic acids is 1. The molecule has 0 radical (unpaired) electrons. The summed E-state index contributed by atoms with van der Waals surface area (Å²) >= 11 is 0.